The lowest BCUT2D eigenvalue weighted by molar-refractivity contribution is 0.174. The molecule has 202 valence electrons. The zero-order valence-electron chi connectivity index (χ0n) is 22.4. The predicted octanol–water partition coefficient (Wildman–Crippen LogP) is 5.84. The van der Waals surface area contributed by atoms with Crippen LogP contribution in [0.3, 0.4) is 0 Å². The van der Waals surface area contributed by atoms with Gasteiger partial charge in [0.1, 0.15) is 5.75 Å². The molecule has 3 aliphatic rings. The number of benzene rings is 3. The Bertz CT molecular complexity index is 1690. The second kappa shape index (κ2) is 9.86. The van der Waals surface area contributed by atoms with E-state index in [2.05, 4.69) is 28.7 Å². The van der Waals surface area contributed by atoms with Gasteiger partial charge in [0.15, 0.2) is 11.5 Å². The molecule has 2 aliphatic carbocycles. The maximum Gasteiger partial charge on any atom is 0.263 e. The molecule has 0 radical (unpaired) electrons. The summed E-state index contributed by atoms with van der Waals surface area (Å²) in [5, 5.41) is 4.49. The largest absolute Gasteiger partial charge is 0.497 e. The van der Waals surface area contributed by atoms with Gasteiger partial charge in [0.25, 0.3) is 5.56 Å². The minimum absolute atomic E-state index is 0.0598. The highest BCUT2D eigenvalue weighted by molar-refractivity contribution is 5.81. The normalized spacial score (nSPS) is 16.5. The Kier molecular flexibility index (Phi) is 6.03. The monoisotopic (exact) mass is 534 g/mol. The number of rotatable bonds is 5. The maximum absolute atomic E-state index is 14.6. The van der Waals surface area contributed by atoms with Crippen LogP contribution in [-0.2, 0) is 11.8 Å². The first-order valence-corrected chi connectivity index (χ1v) is 13.7. The SMILES string of the molecule is COc1cccc(-n2c(N/N=C/c3ccc4c(c3)OCO4)nc3c(c2=O)C2(CCCCC2)Cc2ccccc2-3)c1. The van der Waals surface area contributed by atoms with Crippen molar-refractivity contribution in [1.82, 2.24) is 9.55 Å². The molecule has 3 aromatic carbocycles. The second-order valence-corrected chi connectivity index (χ2v) is 10.7. The van der Waals surface area contributed by atoms with Gasteiger partial charge in [0.2, 0.25) is 12.7 Å². The lowest BCUT2D eigenvalue weighted by Crippen LogP contribution is -2.42. The number of nitrogens with one attached hydrogen (secondary N) is 1. The van der Waals surface area contributed by atoms with Crippen LogP contribution < -0.4 is 25.2 Å². The number of anilines is 1. The minimum Gasteiger partial charge on any atom is -0.497 e. The molecule has 0 atom stereocenters. The molecule has 8 heteroatoms. The van der Waals surface area contributed by atoms with Crippen molar-refractivity contribution in [3.63, 3.8) is 0 Å². The summed E-state index contributed by atoms with van der Waals surface area (Å²) in [7, 11) is 1.62. The third-order valence-electron chi connectivity index (χ3n) is 8.31. The Balaban J connectivity index is 1.39. The van der Waals surface area contributed by atoms with E-state index >= 15 is 0 Å². The number of hydrogen-bond donors (Lipinski definition) is 1. The summed E-state index contributed by atoms with van der Waals surface area (Å²) in [6, 6.07) is 21.5. The van der Waals surface area contributed by atoms with Crippen molar-refractivity contribution in [2.75, 3.05) is 19.3 Å². The first-order valence-electron chi connectivity index (χ1n) is 13.7. The number of hydrogen-bond acceptors (Lipinski definition) is 7. The van der Waals surface area contributed by atoms with Crippen molar-refractivity contribution in [2.24, 2.45) is 5.10 Å². The molecular formula is C32H30N4O4. The van der Waals surface area contributed by atoms with E-state index in [1.165, 1.54) is 12.0 Å². The first kappa shape index (κ1) is 24.5. The highest BCUT2D eigenvalue weighted by Crippen LogP contribution is 2.49. The Morgan fingerprint density at radius 3 is 2.73 bits per heavy atom. The van der Waals surface area contributed by atoms with Gasteiger partial charge in [-0.15, -0.1) is 0 Å². The molecule has 0 saturated heterocycles. The Hall–Kier alpha value is -4.59. The molecule has 1 saturated carbocycles. The van der Waals surface area contributed by atoms with Crippen molar-refractivity contribution in [1.29, 1.82) is 0 Å². The second-order valence-electron chi connectivity index (χ2n) is 10.7. The van der Waals surface area contributed by atoms with E-state index in [4.69, 9.17) is 19.2 Å². The van der Waals surface area contributed by atoms with Crippen LogP contribution in [0.1, 0.15) is 48.8 Å². The maximum atomic E-state index is 14.6. The van der Waals surface area contributed by atoms with E-state index in [1.807, 2.05) is 48.5 Å². The fourth-order valence-electron chi connectivity index (χ4n) is 6.43. The Labute approximate surface area is 232 Å². The number of fused-ring (bicyclic) bond motifs is 5. The number of nitrogens with zero attached hydrogens (tertiary/aromatic N) is 3. The average molecular weight is 535 g/mol. The number of methoxy groups -OCH3 is 1. The van der Waals surface area contributed by atoms with Gasteiger partial charge in [-0.1, -0.05) is 49.6 Å². The van der Waals surface area contributed by atoms with Crippen LogP contribution >= 0.6 is 0 Å². The Morgan fingerprint density at radius 2 is 1.85 bits per heavy atom. The van der Waals surface area contributed by atoms with E-state index in [-0.39, 0.29) is 17.8 Å². The molecule has 1 aliphatic heterocycles. The highest BCUT2D eigenvalue weighted by Gasteiger charge is 2.43. The van der Waals surface area contributed by atoms with Gasteiger partial charge in [-0.2, -0.15) is 5.10 Å². The molecule has 1 aromatic heterocycles. The molecule has 4 aromatic rings. The summed E-state index contributed by atoms with van der Waals surface area (Å²) in [4.78, 5) is 19.8. The zero-order chi connectivity index (χ0) is 27.1. The van der Waals surface area contributed by atoms with Gasteiger partial charge >= 0.3 is 0 Å². The zero-order valence-corrected chi connectivity index (χ0v) is 22.4. The lowest BCUT2D eigenvalue weighted by Gasteiger charge is -2.42. The summed E-state index contributed by atoms with van der Waals surface area (Å²) in [6.07, 6.45) is 7.93. The first-order chi connectivity index (χ1) is 19.6. The van der Waals surface area contributed by atoms with Gasteiger partial charge in [-0.3, -0.25) is 4.79 Å². The summed E-state index contributed by atoms with van der Waals surface area (Å²) in [5.74, 6) is 2.40. The predicted molar refractivity (Wildman–Crippen MR) is 154 cm³/mol. The van der Waals surface area contributed by atoms with Gasteiger partial charge in [-0.25, -0.2) is 15.0 Å². The fourth-order valence-corrected chi connectivity index (χ4v) is 6.43. The standard InChI is InChI=1S/C32H30N4O4/c1-38-24-10-7-9-23(17-24)36-30(37)28-29(25-11-4-3-8-22(25)18-32(28)14-5-2-6-15-32)34-31(36)35-33-19-21-12-13-26-27(16-21)40-20-39-26/h3-4,7-13,16-17,19H,2,5-6,14-15,18,20H2,1H3,(H,34,35)/b33-19+. The van der Waals surface area contributed by atoms with Crippen LogP contribution in [0.2, 0.25) is 0 Å². The fraction of sp³-hybridized carbons (Fsp3) is 0.281. The molecule has 7 rings (SSSR count). The van der Waals surface area contributed by atoms with Gasteiger partial charge in [0.05, 0.1) is 30.3 Å². The van der Waals surface area contributed by atoms with Gasteiger partial charge in [-0.05, 0) is 60.7 Å². The van der Waals surface area contributed by atoms with Gasteiger partial charge < -0.3 is 14.2 Å². The highest BCUT2D eigenvalue weighted by atomic mass is 16.7. The number of aromatic nitrogens is 2. The quantitative estimate of drug-likeness (QED) is 0.256. The van der Waals surface area contributed by atoms with Crippen LogP contribution in [0, 0.1) is 0 Å². The van der Waals surface area contributed by atoms with Crippen molar-refractivity contribution >= 4 is 12.2 Å². The molecule has 8 nitrogen and oxygen atoms in total. The van der Waals surface area contributed by atoms with Crippen LogP contribution in [-0.4, -0.2) is 29.7 Å². The van der Waals surface area contributed by atoms with Crippen molar-refractivity contribution < 1.29 is 14.2 Å². The summed E-state index contributed by atoms with van der Waals surface area (Å²) in [6.45, 7) is 0.211. The lowest BCUT2D eigenvalue weighted by atomic mass is 9.62. The van der Waals surface area contributed by atoms with Crippen molar-refractivity contribution in [2.45, 2.75) is 43.9 Å². The van der Waals surface area contributed by atoms with E-state index in [0.29, 0.717) is 28.9 Å². The topological polar surface area (TPSA) is 87.0 Å². The minimum atomic E-state index is -0.221. The van der Waals surface area contributed by atoms with Crippen LogP contribution in [0.4, 0.5) is 5.95 Å². The molecule has 1 N–H and O–H groups in total. The molecule has 1 fully saturated rings. The third-order valence-corrected chi connectivity index (χ3v) is 8.31. The molecule has 2 heterocycles. The summed E-state index contributed by atoms with van der Waals surface area (Å²) in [5.41, 5.74) is 8.15. The van der Waals surface area contributed by atoms with Gasteiger partial charge in [0, 0.05) is 17.0 Å². The summed E-state index contributed by atoms with van der Waals surface area (Å²) >= 11 is 0. The number of hydrazone groups is 1. The average Bonchev–Trinajstić information content (AvgIpc) is 3.46. The molecule has 0 unspecified atom stereocenters. The van der Waals surface area contributed by atoms with E-state index in [1.54, 1.807) is 17.9 Å². The third kappa shape index (κ3) is 4.11. The van der Waals surface area contributed by atoms with E-state index in [0.717, 1.165) is 54.5 Å². The van der Waals surface area contributed by atoms with Crippen molar-refractivity contribution in [3.8, 4) is 34.2 Å². The van der Waals surface area contributed by atoms with Crippen LogP contribution in [0.25, 0.3) is 16.9 Å². The molecule has 0 bridgehead atoms. The molecule has 1 spiro atoms. The Morgan fingerprint density at radius 1 is 1.00 bits per heavy atom. The van der Waals surface area contributed by atoms with E-state index in [9.17, 15) is 4.79 Å². The smallest absolute Gasteiger partial charge is 0.263 e. The summed E-state index contributed by atoms with van der Waals surface area (Å²) < 4.78 is 18.0. The molecule has 0 amide bonds. The van der Waals surface area contributed by atoms with Crippen LogP contribution in [0.15, 0.2) is 76.6 Å². The molecule has 40 heavy (non-hydrogen) atoms. The van der Waals surface area contributed by atoms with E-state index < -0.39 is 0 Å². The van der Waals surface area contributed by atoms with Crippen LogP contribution in [0.5, 0.6) is 17.2 Å². The number of ether oxygens (including phenoxy) is 3. The molecular weight excluding hydrogens is 504 g/mol. The van der Waals surface area contributed by atoms with Crippen molar-refractivity contribution in [3.05, 3.63) is 93.8 Å².